The van der Waals surface area contributed by atoms with Crippen molar-refractivity contribution < 1.29 is 4.74 Å². The molecule has 2 aromatic carbocycles. The number of ether oxygens (including phenoxy) is 1. The molecule has 0 saturated heterocycles. The fourth-order valence-electron chi connectivity index (χ4n) is 1.87. The first-order valence-electron chi connectivity index (χ1n) is 6.14. The second kappa shape index (κ2) is 5.45. The van der Waals surface area contributed by atoms with Crippen LogP contribution in [0.25, 0.3) is 10.9 Å². The highest BCUT2D eigenvalue weighted by Crippen LogP contribution is 2.25. The lowest BCUT2D eigenvalue weighted by Gasteiger charge is -2.07. The largest absolute Gasteiger partial charge is 0.424 e. The quantitative estimate of drug-likeness (QED) is 0.799. The molecule has 1 heterocycles. The summed E-state index contributed by atoms with van der Waals surface area (Å²) >= 11 is 6.09. The molecule has 0 aliphatic rings. The molecule has 0 saturated carbocycles. The van der Waals surface area contributed by atoms with Crippen molar-refractivity contribution in [3.63, 3.8) is 0 Å². The van der Waals surface area contributed by atoms with E-state index in [4.69, 9.17) is 22.1 Å². The molecule has 0 aliphatic heterocycles. The van der Waals surface area contributed by atoms with Gasteiger partial charge >= 0.3 is 6.01 Å². The Morgan fingerprint density at radius 2 is 2.00 bits per heavy atom. The Bertz CT molecular complexity index is 761. The van der Waals surface area contributed by atoms with Crippen LogP contribution in [-0.2, 0) is 6.54 Å². The molecule has 4 nitrogen and oxygen atoms in total. The lowest BCUT2D eigenvalue weighted by Crippen LogP contribution is -1.97. The van der Waals surface area contributed by atoms with E-state index in [-0.39, 0.29) is 0 Å². The van der Waals surface area contributed by atoms with E-state index in [1.54, 1.807) is 18.3 Å². The number of nitrogens with two attached hydrogens (primary N) is 1. The highest BCUT2D eigenvalue weighted by Gasteiger charge is 2.05. The molecule has 3 rings (SSSR count). The van der Waals surface area contributed by atoms with Crippen molar-refractivity contribution in [1.82, 2.24) is 9.97 Å². The maximum absolute atomic E-state index is 6.09. The molecule has 0 amide bonds. The van der Waals surface area contributed by atoms with Crippen molar-refractivity contribution in [3.05, 3.63) is 59.2 Å². The molecule has 20 heavy (non-hydrogen) atoms. The molecule has 1 aromatic heterocycles. The second-order valence-electron chi connectivity index (χ2n) is 4.27. The molecule has 100 valence electrons. The van der Waals surface area contributed by atoms with Crippen LogP contribution >= 0.6 is 11.6 Å². The van der Waals surface area contributed by atoms with E-state index < -0.39 is 0 Å². The van der Waals surface area contributed by atoms with Gasteiger partial charge in [-0.1, -0.05) is 35.9 Å². The van der Waals surface area contributed by atoms with Crippen LogP contribution in [-0.4, -0.2) is 9.97 Å². The molecule has 0 fully saturated rings. The number of hydrogen-bond donors (Lipinski definition) is 1. The van der Waals surface area contributed by atoms with Gasteiger partial charge in [-0.05, 0) is 23.8 Å². The number of halogens is 1. The molecule has 0 spiro atoms. The van der Waals surface area contributed by atoms with Crippen LogP contribution in [0.2, 0.25) is 5.02 Å². The monoisotopic (exact) mass is 285 g/mol. The van der Waals surface area contributed by atoms with Gasteiger partial charge in [-0.15, -0.1) is 0 Å². The average Bonchev–Trinajstić information content (AvgIpc) is 2.47. The Morgan fingerprint density at radius 3 is 2.80 bits per heavy atom. The molecule has 0 radical (unpaired) electrons. The Kier molecular flexibility index (Phi) is 3.50. The molecule has 3 aromatic rings. The first-order valence-corrected chi connectivity index (χ1v) is 6.52. The standard InChI is InChI=1S/C15H12ClN3O/c16-13-7-12(6-5-10(13)8-17)20-15-18-9-11-3-1-2-4-14(11)19-15/h1-7,9H,8,17H2. The number of hydrogen-bond acceptors (Lipinski definition) is 4. The summed E-state index contributed by atoms with van der Waals surface area (Å²) in [5.74, 6) is 0.586. The van der Waals surface area contributed by atoms with Crippen molar-refractivity contribution in [2.45, 2.75) is 6.54 Å². The van der Waals surface area contributed by atoms with Crippen molar-refractivity contribution >= 4 is 22.5 Å². The zero-order chi connectivity index (χ0) is 13.9. The molecule has 2 N–H and O–H groups in total. The van der Waals surface area contributed by atoms with Gasteiger partial charge in [0.05, 0.1) is 5.52 Å². The van der Waals surface area contributed by atoms with Gasteiger partial charge < -0.3 is 10.5 Å². The lowest BCUT2D eigenvalue weighted by atomic mass is 10.2. The normalized spacial score (nSPS) is 10.7. The van der Waals surface area contributed by atoms with Gasteiger partial charge in [-0.2, -0.15) is 4.98 Å². The SMILES string of the molecule is NCc1ccc(Oc2ncc3ccccc3n2)cc1Cl. The van der Waals surface area contributed by atoms with Crippen LogP contribution in [0.1, 0.15) is 5.56 Å². The molecule has 0 atom stereocenters. The number of nitrogens with zero attached hydrogens (tertiary/aromatic N) is 2. The maximum Gasteiger partial charge on any atom is 0.322 e. The lowest BCUT2D eigenvalue weighted by molar-refractivity contribution is 0.444. The third kappa shape index (κ3) is 2.57. The van der Waals surface area contributed by atoms with E-state index in [1.165, 1.54) is 0 Å². The van der Waals surface area contributed by atoms with Crippen molar-refractivity contribution in [1.29, 1.82) is 0 Å². The van der Waals surface area contributed by atoms with Gasteiger partial charge in [0.25, 0.3) is 0 Å². The highest BCUT2D eigenvalue weighted by atomic mass is 35.5. The average molecular weight is 286 g/mol. The van der Waals surface area contributed by atoms with Crippen molar-refractivity contribution in [2.24, 2.45) is 5.73 Å². The zero-order valence-electron chi connectivity index (χ0n) is 10.6. The first kappa shape index (κ1) is 12.8. The first-order chi connectivity index (χ1) is 9.76. The Labute approximate surface area is 121 Å². The smallest absolute Gasteiger partial charge is 0.322 e. The maximum atomic E-state index is 6.09. The number of aromatic nitrogens is 2. The van der Waals surface area contributed by atoms with Crippen LogP contribution in [0.15, 0.2) is 48.7 Å². The fraction of sp³-hybridized carbons (Fsp3) is 0.0667. The minimum atomic E-state index is 0.292. The van der Waals surface area contributed by atoms with Crippen molar-refractivity contribution in [3.8, 4) is 11.8 Å². The van der Waals surface area contributed by atoms with Gasteiger partial charge in [0.1, 0.15) is 5.75 Å². The van der Waals surface area contributed by atoms with Gasteiger partial charge in [0.2, 0.25) is 0 Å². The van der Waals surface area contributed by atoms with E-state index in [2.05, 4.69) is 9.97 Å². The number of fused-ring (bicyclic) bond motifs is 1. The molecular weight excluding hydrogens is 274 g/mol. The predicted octanol–water partition coefficient (Wildman–Crippen LogP) is 3.53. The Hall–Kier alpha value is -2.17. The van der Waals surface area contributed by atoms with Crippen LogP contribution in [0.5, 0.6) is 11.8 Å². The summed E-state index contributed by atoms with van der Waals surface area (Å²) in [5.41, 5.74) is 7.27. The van der Waals surface area contributed by atoms with Gasteiger partial charge in [0, 0.05) is 23.2 Å². The predicted molar refractivity (Wildman–Crippen MR) is 79.0 cm³/mol. The van der Waals surface area contributed by atoms with E-state index in [0.717, 1.165) is 16.5 Å². The summed E-state index contributed by atoms with van der Waals surface area (Å²) in [5, 5.41) is 1.54. The van der Waals surface area contributed by atoms with E-state index in [1.807, 2.05) is 30.3 Å². The highest BCUT2D eigenvalue weighted by molar-refractivity contribution is 6.31. The summed E-state index contributed by atoms with van der Waals surface area (Å²) in [4.78, 5) is 8.51. The Balaban J connectivity index is 1.90. The second-order valence-corrected chi connectivity index (χ2v) is 4.68. The van der Waals surface area contributed by atoms with Gasteiger partial charge in [0.15, 0.2) is 0 Å². The van der Waals surface area contributed by atoms with Gasteiger partial charge in [-0.3, -0.25) is 0 Å². The summed E-state index contributed by atoms with van der Waals surface area (Å²) in [6.45, 7) is 0.394. The Morgan fingerprint density at radius 1 is 1.15 bits per heavy atom. The molecule has 0 aliphatic carbocycles. The summed E-state index contributed by atoms with van der Waals surface area (Å²) in [7, 11) is 0. The van der Waals surface area contributed by atoms with E-state index in [9.17, 15) is 0 Å². The topological polar surface area (TPSA) is 61.0 Å². The third-order valence-electron chi connectivity index (χ3n) is 2.92. The van der Waals surface area contributed by atoms with Crippen molar-refractivity contribution in [2.75, 3.05) is 0 Å². The van der Waals surface area contributed by atoms with E-state index >= 15 is 0 Å². The van der Waals surface area contributed by atoms with E-state index in [0.29, 0.717) is 23.3 Å². The van der Waals surface area contributed by atoms with Crippen LogP contribution in [0.3, 0.4) is 0 Å². The molecular formula is C15H12ClN3O. The third-order valence-corrected chi connectivity index (χ3v) is 3.27. The van der Waals surface area contributed by atoms with Crippen LogP contribution in [0.4, 0.5) is 0 Å². The van der Waals surface area contributed by atoms with Crippen LogP contribution < -0.4 is 10.5 Å². The molecule has 0 unspecified atom stereocenters. The number of benzene rings is 2. The summed E-state index contributed by atoms with van der Waals surface area (Å²) in [6, 6.07) is 13.4. The summed E-state index contributed by atoms with van der Waals surface area (Å²) < 4.78 is 5.62. The minimum absolute atomic E-state index is 0.292. The molecule has 5 heteroatoms. The fourth-order valence-corrected chi connectivity index (χ4v) is 2.11. The zero-order valence-corrected chi connectivity index (χ0v) is 11.3. The minimum Gasteiger partial charge on any atom is -0.424 e. The molecule has 0 bridgehead atoms. The number of para-hydroxylation sites is 1. The van der Waals surface area contributed by atoms with Gasteiger partial charge in [-0.25, -0.2) is 4.98 Å². The number of rotatable bonds is 3. The summed E-state index contributed by atoms with van der Waals surface area (Å²) in [6.07, 6.45) is 1.73. The van der Waals surface area contributed by atoms with Crippen LogP contribution in [0, 0.1) is 0 Å².